The fraction of sp³-hybridized carbons (Fsp3) is 0.133. The van der Waals surface area contributed by atoms with E-state index in [1.165, 1.54) is 57.9 Å². The molecule has 3 heteroatoms. The van der Waals surface area contributed by atoms with Crippen molar-refractivity contribution in [3.8, 4) is 62.2 Å². The van der Waals surface area contributed by atoms with Gasteiger partial charge in [0.25, 0.3) is 0 Å². The van der Waals surface area contributed by atoms with E-state index in [1.54, 1.807) is 0 Å². The second-order valence-corrected chi connectivity index (χ2v) is 13.2. The topological polar surface area (TPSA) is 49.6 Å². The summed E-state index contributed by atoms with van der Waals surface area (Å²) in [5, 5.41) is 12.2. The largest absolute Gasteiger partial charge is 0.228 e. The monoisotopic (exact) mass is 615 g/mol. The molecule has 9 rings (SSSR count). The van der Waals surface area contributed by atoms with Crippen LogP contribution in [0.1, 0.15) is 48.8 Å². The molecule has 0 atom stereocenters. The van der Waals surface area contributed by atoms with Crippen LogP contribution in [0.3, 0.4) is 0 Å². The van der Waals surface area contributed by atoms with E-state index >= 15 is 0 Å². The summed E-state index contributed by atoms with van der Waals surface area (Å²) in [4.78, 5) is 10.3. The number of aromatic nitrogens is 2. The summed E-state index contributed by atoms with van der Waals surface area (Å²) in [6, 6.07) is 51.8. The molecule has 48 heavy (non-hydrogen) atoms. The second-order valence-electron chi connectivity index (χ2n) is 13.2. The van der Waals surface area contributed by atoms with E-state index in [1.807, 2.05) is 24.3 Å². The van der Waals surface area contributed by atoms with Crippen LogP contribution in [-0.4, -0.2) is 9.97 Å². The molecule has 2 aliphatic rings. The predicted octanol–water partition coefficient (Wildman–Crippen LogP) is 11.4. The summed E-state index contributed by atoms with van der Waals surface area (Å²) in [7, 11) is 0. The SMILES string of the molecule is N#Cc1ccc2c(c1)C1(CCCCC1)c1cc(-c3ccccc3-c3cc(-c4ccc5ccccc5c4)nc(-c4ccccc4)n3)ccc1-2. The van der Waals surface area contributed by atoms with E-state index in [0.717, 1.165) is 52.0 Å². The Hall–Kier alpha value is -5.85. The van der Waals surface area contributed by atoms with Crippen molar-refractivity contribution in [2.45, 2.75) is 37.5 Å². The molecule has 0 saturated heterocycles. The number of hydrogen-bond acceptors (Lipinski definition) is 3. The highest BCUT2D eigenvalue weighted by Gasteiger charge is 2.44. The van der Waals surface area contributed by atoms with Crippen molar-refractivity contribution >= 4 is 10.8 Å². The Morgan fingerprint density at radius 2 is 1.15 bits per heavy atom. The molecule has 0 bridgehead atoms. The normalized spacial score (nSPS) is 14.4. The molecule has 228 valence electrons. The van der Waals surface area contributed by atoms with Crippen LogP contribution in [-0.2, 0) is 5.41 Å². The minimum Gasteiger partial charge on any atom is -0.228 e. The Labute approximate surface area is 281 Å². The van der Waals surface area contributed by atoms with Crippen molar-refractivity contribution in [3.63, 3.8) is 0 Å². The first-order valence-electron chi connectivity index (χ1n) is 16.9. The van der Waals surface area contributed by atoms with E-state index in [2.05, 4.69) is 121 Å². The van der Waals surface area contributed by atoms with Crippen LogP contribution >= 0.6 is 0 Å². The standard InChI is InChI=1S/C45H33N3/c46-29-30-17-21-37-38-22-20-34(27-41(38)45(40(37)25-30)23-9-2-10-24-45)36-15-7-8-16-39(36)43-28-42(47-44(48-43)32-12-3-1-4-13-32)35-19-18-31-11-5-6-14-33(31)26-35/h1,3-8,11-22,25-28H,2,9-10,23-24H2. The second kappa shape index (κ2) is 11.4. The van der Waals surface area contributed by atoms with Crippen molar-refractivity contribution < 1.29 is 0 Å². The quantitative estimate of drug-likeness (QED) is 0.198. The van der Waals surface area contributed by atoms with Crippen molar-refractivity contribution in [1.82, 2.24) is 9.97 Å². The van der Waals surface area contributed by atoms with Gasteiger partial charge in [0.05, 0.1) is 23.0 Å². The van der Waals surface area contributed by atoms with Gasteiger partial charge in [-0.1, -0.05) is 128 Å². The lowest BCUT2D eigenvalue weighted by Crippen LogP contribution is -2.28. The van der Waals surface area contributed by atoms with E-state index in [-0.39, 0.29) is 5.41 Å². The molecule has 1 heterocycles. The molecule has 1 spiro atoms. The molecule has 0 aliphatic heterocycles. The predicted molar refractivity (Wildman–Crippen MR) is 195 cm³/mol. The van der Waals surface area contributed by atoms with Gasteiger partial charge in [-0.25, -0.2) is 9.97 Å². The van der Waals surface area contributed by atoms with Gasteiger partial charge in [0, 0.05) is 22.1 Å². The number of nitriles is 1. The van der Waals surface area contributed by atoms with E-state index in [0.29, 0.717) is 5.82 Å². The van der Waals surface area contributed by atoms with Gasteiger partial charge >= 0.3 is 0 Å². The first kappa shape index (κ1) is 28.4. The number of nitrogens with zero attached hydrogens (tertiary/aromatic N) is 3. The van der Waals surface area contributed by atoms with Gasteiger partial charge in [-0.15, -0.1) is 0 Å². The Morgan fingerprint density at radius 3 is 1.96 bits per heavy atom. The van der Waals surface area contributed by atoms with Gasteiger partial charge in [-0.3, -0.25) is 0 Å². The molecule has 0 amide bonds. The first-order chi connectivity index (χ1) is 23.7. The fourth-order valence-electron chi connectivity index (χ4n) is 8.18. The van der Waals surface area contributed by atoms with Crippen LogP contribution < -0.4 is 0 Å². The molecule has 1 fully saturated rings. The molecule has 7 aromatic rings. The number of benzene rings is 6. The minimum absolute atomic E-state index is 0.0423. The minimum atomic E-state index is -0.0423. The molecule has 6 aromatic carbocycles. The van der Waals surface area contributed by atoms with Crippen molar-refractivity contribution in [1.29, 1.82) is 5.26 Å². The van der Waals surface area contributed by atoms with Crippen LogP contribution in [0.4, 0.5) is 0 Å². The average Bonchev–Trinajstić information content (AvgIpc) is 3.42. The fourth-order valence-corrected chi connectivity index (χ4v) is 8.18. The first-order valence-corrected chi connectivity index (χ1v) is 16.9. The van der Waals surface area contributed by atoms with Gasteiger partial charge in [-0.2, -0.15) is 5.26 Å². The molecule has 0 unspecified atom stereocenters. The Balaban J connectivity index is 1.21. The van der Waals surface area contributed by atoms with Gasteiger partial charge < -0.3 is 0 Å². The smallest absolute Gasteiger partial charge is 0.160 e. The molecule has 1 aromatic heterocycles. The molecule has 3 nitrogen and oxygen atoms in total. The van der Waals surface area contributed by atoms with Gasteiger partial charge in [0.15, 0.2) is 5.82 Å². The van der Waals surface area contributed by atoms with E-state index in [9.17, 15) is 5.26 Å². The third kappa shape index (κ3) is 4.64. The molecular weight excluding hydrogens is 583 g/mol. The zero-order chi connectivity index (χ0) is 32.1. The van der Waals surface area contributed by atoms with Gasteiger partial charge in [0.1, 0.15) is 0 Å². The lowest BCUT2D eigenvalue weighted by atomic mass is 9.67. The molecular formula is C45H33N3. The maximum Gasteiger partial charge on any atom is 0.160 e. The number of hydrogen-bond donors (Lipinski definition) is 0. The summed E-state index contributed by atoms with van der Waals surface area (Å²) < 4.78 is 0. The van der Waals surface area contributed by atoms with Gasteiger partial charge in [0.2, 0.25) is 0 Å². The highest BCUT2D eigenvalue weighted by atomic mass is 14.9. The maximum absolute atomic E-state index is 9.77. The van der Waals surface area contributed by atoms with Crippen LogP contribution in [0.5, 0.6) is 0 Å². The van der Waals surface area contributed by atoms with Gasteiger partial charge in [-0.05, 0) is 87.3 Å². The van der Waals surface area contributed by atoms with Crippen LogP contribution in [0.25, 0.3) is 66.9 Å². The summed E-state index contributed by atoms with van der Waals surface area (Å²) in [6.07, 6.45) is 5.92. The third-order valence-corrected chi connectivity index (χ3v) is 10.5. The number of rotatable bonds is 4. The Kier molecular flexibility index (Phi) is 6.76. The van der Waals surface area contributed by atoms with E-state index < -0.39 is 0 Å². The zero-order valence-corrected chi connectivity index (χ0v) is 26.7. The zero-order valence-electron chi connectivity index (χ0n) is 26.7. The third-order valence-electron chi connectivity index (χ3n) is 10.5. The van der Waals surface area contributed by atoms with Crippen molar-refractivity contribution in [2.24, 2.45) is 0 Å². The highest BCUT2D eigenvalue weighted by molar-refractivity contribution is 5.90. The van der Waals surface area contributed by atoms with Crippen LogP contribution in [0.2, 0.25) is 0 Å². The highest BCUT2D eigenvalue weighted by Crippen LogP contribution is 2.56. The van der Waals surface area contributed by atoms with Crippen molar-refractivity contribution in [3.05, 3.63) is 156 Å². The van der Waals surface area contributed by atoms with Crippen LogP contribution in [0.15, 0.2) is 140 Å². The Bertz CT molecular complexity index is 2390. The maximum atomic E-state index is 9.77. The summed E-state index contributed by atoms with van der Waals surface area (Å²) in [5.41, 5.74) is 13.3. The molecule has 0 radical (unpaired) electrons. The summed E-state index contributed by atoms with van der Waals surface area (Å²) in [6.45, 7) is 0. The van der Waals surface area contributed by atoms with Crippen LogP contribution in [0, 0.1) is 11.3 Å². The molecule has 1 saturated carbocycles. The van der Waals surface area contributed by atoms with Crippen molar-refractivity contribution in [2.75, 3.05) is 0 Å². The Morgan fingerprint density at radius 1 is 0.479 bits per heavy atom. The van der Waals surface area contributed by atoms with E-state index in [4.69, 9.17) is 9.97 Å². The lowest BCUT2D eigenvalue weighted by molar-refractivity contribution is 0.353. The summed E-state index contributed by atoms with van der Waals surface area (Å²) in [5.74, 6) is 0.713. The lowest BCUT2D eigenvalue weighted by Gasteiger charge is -2.36. The number of fused-ring (bicyclic) bond motifs is 6. The molecule has 0 N–H and O–H groups in total. The molecule has 2 aliphatic carbocycles. The summed E-state index contributed by atoms with van der Waals surface area (Å²) >= 11 is 0. The average molecular weight is 616 g/mol.